The first-order valence-corrected chi connectivity index (χ1v) is 30.8. The highest BCUT2D eigenvalue weighted by atomic mass is 16.5. The number of aromatic nitrogens is 1. The molecule has 0 spiro atoms. The van der Waals surface area contributed by atoms with E-state index in [1.807, 2.05) is 36.4 Å². The van der Waals surface area contributed by atoms with Gasteiger partial charge in [-0.2, -0.15) is 0 Å². The Kier molecular flexibility index (Phi) is 15.5. The number of ether oxygens (including phenoxy) is 2. The molecule has 1 heterocycles. The van der Waals surface area contributed by atoms with Gasteiger partial charge in [-0.25, -0.2) is 0 Å². The third kappa shape index (κ3) is 10.9. The summed E-state index contributed by atoms with van der Waals surface area (Å²) in [4.78, 5) is 2.43. The second-order valence-corrected chi connectivity index (χ2v) is 23.0. The van der Waals surface area contributed by atoms with Gasteiger partial charge >= 0.3 is 0 Å². The Morgan fingerprint density at radius 1 is 0.364 bits per heavy atom. The van der Waals surface area contributed by atoms with Crippen molar-refractivity contribution in [1.29, 1.82) is 0 Å². The summed E-state index contributed by atoms with van der Waals surface area (Å²) in [6.07, 6.45) is 8.76. The average Bonchev–Trinajstić information content (AvgIpc) is 1.57. The van der Waals surface area contributed by atoms with Crippen LogP contribution in [0, 0.1) is 0 Å². The van der Waals surface area contributed by atoms with Crippen molar-refractivity contribution in [2.75, 3.05) is 18.1 Å². The molecule has 0 amide bonds. The number of rotatable bonds is 21. The van der Waals surface area contributed by atoms with Crippen molar-refractivity contribution < 1.29 is 9.47 Å². The molecule has 0 aliphatic heterocycles. The van der Waals surface area contributed by atoms with Gasteiger partial charge < -0.3 is 18.9 Å². The maximum Gasteiger partial charge on any atom is 0.119 e. The zero-order valence-corrected chi connectivity index (χ0v) is 49.4. The molecule has 426 valence electrons. The highest BCUT2D eigenvalue weighted by molar-refractivity contribution is 6.11. The molecule has 0 saturated carbocycles. The summed E-state index contributed by atoms with van der Waals surface area (Å²) in [5, 5.41) is 2.40. The Hall–Kier alpha value is -10.7. The van der Waals surface area contributed by atoms with Gasteiger partial charge in [0.2, 0.25) is 0 Å². The fourth-order valence-corrected chi connectivity index (χ4v) is 13.2. The van der Waals surface area contributed by atoms with Gasteiger partial charge in [-0.15, -0.1) is 0 Å². The molecule has 1 aliphatic carbocycles. The summed E-state index contributed by atoms with van der Waals surface area (Å²) >= 11 is 0. The average molecular weight is 1140 g/mol. The highest BCUT2D eigenvalue weighted by Crippen LogP contribution is 2.56. The van der Waals surface area contributed by atoms with Crippen LogP contribution in [0.5, 0.6) is 11.5 Å². The molecule has 88 heavy (non-hydrogen) atoms. The fraction of sp³-hybridized carbons (Fsp3) is 0.0952. The quantitative estimate of drug-likeness (QED) is 0.0671. The molecule has 4 nitrogen and oxygen atoms in total. The van der Waals surface area contributed by atoms with Crippen LogP contribution in [0.1, 0.15) is 59.1 Å². The van der Waals surface area contributed by atoms with Crippen molar-refractivity contribution in [2.24, 2.45) is 0 Å². The number of benzene rings is 12. The van der Waals surface area contributed by atoms with E-state index < -0.39 is 5.41 Å². The molecule has 0 N–H and O–H groups in total. The summed E-state index contributed by atoms with van der Waals surface area (Å²) in [5.41, 5.74) is 23.2. The molecule has 1 aromatic heterocycles. The zero-order chi connectivity index (χ0) is 59.2. The van der Waals surface area contributed by atoms with Gasteiger partial charge in [-0.1, -0.05) is 219 Å². The Bertz CT molecular complexity index is 4570. The third-order valence-corrected chi connectivity index (χ3v) is 17.7. The topological polar surface area (TPSA) is 26.6 Å². The van der Waals surface area contributed by atoms with Crippen LogP contribution in [0.4, 0.5) is 17.1 Å². The van der Waals surface area contributed by atoms with E-state index in [1.165, 1.54) is 66.4 Å². The minimum Gasteiger partial charge on any atom is -0.494 e. The number of anilines is 3. The van der Waals surface area contributed by atoms with Crippen molar-refractivity contribution in [3.8, 4) is 61.7 Å². The highest BCUT2D eigenvalue weighted by Gasteiger charge is 2.45. The summed E-state index contributed by atoms with van der Waals surface area (Å²) in [5.74, 6) is 1.78. The van der Waals surface area contributed by atoms with Crippen LogP contribution < -0.4 is 14.4 Å². The van der Waals surface area contributed by atoms with E-state index in [9.17, 15) is 0 Å². The van der Waals surface area contributed by atoms with E-state index in [4.69, 9.17) is 9.47 Å². The SMILES string of the molecule is C=Cc1ccc(CC2(c3ccccc3)c3ccccc3-c3ccc(N(c4ccc(-c5ccccc5)cc4)c4ccc(-c5ccc6c(c5)c5cc(-c7ccccc7)ccc5n6-c5ccc(OCCCCCCOc6ccc(C=C)cc6)cc5)cc4)cc32)cc1. The molecule has 1 aliphatic rings. The fourth-order valence-electron chi connectivity index (χ4n) is 13.2. The molecule has 0 radical (unpaired) electrons. The molecule has 14 rings (SSSR count). The van der Waals surface area contributed by atoms with E-state index >= 15 is 0 Å². The van der Waals surface area contributed by atoms with Gasteiger partial charge in [-0.3, -0.25) is 0 Å². The number of nitrogens with zero attached hydrogens (tertiary/aromatic N) is 2. The van der Waals surface area contributed by atoms with Crippen LogP contribution in [-0.2, 0) is 11.8 Å². The van der Waals surface area contributed by atoms with E-state index in [0.717, 1.165) is 99.6 Å². The molecule has 4 heteroatoms. The van der Waals surface area contributed by atoms with Crippen molar-refractivity contribution in [1.82, 2.24) is 4.57 Å². The second kappa shape index (κ2) is 24.7. The van der Waals surface area contributed by atoms with E-state index in [0.29, 0.717) is 13.2 Å². The zero-order valence-electron chi connectivity index (χ0n) is 49.4. The molecule has 13 aromatic rings. The third-order valence-electron chi connectivity index (χ3n) is 17.7. The van der Waals surface area contributed by atoms with Gasteiger partial charge in [0, 0.05) is 33.5 Å². The van der Waals surface area contributed by atoms with Gasteiger partial charge in [0.15, 0.2) is 0 Å². The predicted molar refractivity (Wildman–Crippen MR) is 370 cm³/mol. The van der Waals surface area contributed by atoms with Crippen LogP contribution in [0.3, 0.4) is 0 Å². The largest absolute Gasteiger partial charge is 0.494 e. The lowest BCUT2D eigenvalue weighted by atomic mass is 9.68. The predicted octanol–water partition coefficient (Wildman–Crippen LogP) is 22.1. The van der Waals surface area contributed by atoms with Gasteiger partial charge in [0.05, 0.1) is 29.7 Å². The van der Waals surface area contributed by atoms with Gasteiger partial charge in [0.1, 0.15) is 11.5 Å². The van der Waals surface area contributed by atoms with Gasteiger partial charge in [-0.05, 0) is 207 Å². The first-order chi connectivity index (χ1) is 43.5. The first-order valence-electron chi connectivity index (χ1n) is 30.8. The summed E-state index contributed by atoms with van der Waals surface area (Å²) in [6, 6.07) is 106. The van der Waals surface area contributed by atoms with Crippen LogP contribution >= 0.6 is 0 Å². The van der Waals surface area contributed by atoms with E-state index in [2.05, 4.69) is 290 Å². The Morgan fingerprint density at radius 3 is 1.36 bits per heavy atom. The maximum absolute atomic E-state index is 6.30. The smallest absolute Gasteiger partial charge is 0.119 e. The molecule has 0 fully saturated rings. The second-order valence-electron chi connectivity index (χ2n) is 23.0. The normalized spacial score (nSPS) is 13.2. The molecule has 0 saturated heterocycles. The minimum absolute atomic E-state index is 0.454. The Labute approximate surface area is 517 Å². The maximum atomic E-state index is 6.30. The summed E-state index contributed by atoms with van der Waals surface area (Å²) < 4.78 is 14.7. The number of hydrogen-bond donors (Lipinski definition) is 0. The lowest BCUT2D eigenvalue weighted by Crippen LogP contribution is -2.30. The molecule has 0 bridgehead atoms. The Balaban J connectivity index is 0.791. The van der Waals surface area contributed by atoms with Gasteiger partial charge in [0.25, 0.3) is 0 Å². The van der Waals surface area contributed by atoms with Crippen molar-refractivity contribution in [3.63, 3.8) is 0 Å². The number of fused-ring (bicyclic) bond motifs is 6. The molecule has 12 aromatic carbocycles. The van der Waals surface area contributed by atoms with Crippen molar-refractivity contribution >= 4 is 51.0 Å². The molecule has 1 unspecified atom stereocenters. The molecule has 1 atom stereocenters. The Morgan fingerprint density at radius 2 is 0.807 bits per heavy atom. The van der Waals surface area contributed by atoms with Crippen LogP contribution in [0.15, 0.2) is 304 Å². The van der Waals surface area contributed by atoms with Crippen LogP contribution in [0.25, 0.3) is 84.2 Å². The number of hydrogen-bond acceptors (Lipinski definition) is 3. The summed E-state index contributed by atoms with van der Waals surface area (Å²) in [7, 11) is 0. The van der Waals surface area contributed by atoms with Crippen LogP contribution in [-0.4, -0.2) is 17.8 Å². The monoisotopic (exact) mass is 1140 g/mol. The number of unbranched alkanes of at least 4 members (excludes halogenated alkanes) is 3. The van der Waals surface area contributed by atoms with Crippen molar-refractivity contribution in [2.45, 2.75) is 37.5 Å². The molecular formula is C84H68N2O2. The van der Waals surface area contributed by atoms with E-state index in [-0.39, 0.29) is 0 Å². The van der Waals surface area contributed by atoms with Crippen LogP contribution in [0.2, 0.25) is 0 Å². The first kappa shape index (κ1) is 55.2. The lowest BCUT2D eigenvalue weighted by Gasteiger charge is -2.34. The lowest BCUT2D eigenvalue weighted by molar-refractivity contribution is 0.287. The summed E-state index contributed by atoms with van der Waals surface area (Å²) in [6.45, 7) is 9.28. The van der Waals surface area contributed by atoms with E-state index in [1.54, 1.807) is 0 Å². The molecular weight excluding hydrogens is 1070 g/mol. The van der Waals surface area contributed by atoms with Crippen molar-refractivity contribution in [3.05, 3.63) is 338 Å². The minimum atomic E-state index is -0.454. The standard InChI is InChI=1S/C84H68N2O2/c1-3-60-28-30-62(31-29-60)59-84(69-24-14-9-15-25-69)80-27-17-16-26-76(80)77-51-46-73(58-81(77)84)85(70-40-34-65(35-41-70)63-20-10-7-11-21-63)71-42-36-66(37-43-71)68-39-53-83-79(57-68)78-56-67(64-22-12-8-13-23-64)38-52-82(78)86(83)72-44-49-75(50-45-72)88-55-19-6-5-18-54-87-74-47-32-61(4-2)33-48-74/h3-4,7-17,20-53,56-58H,1-2,5-6,18-19,54-55,59H2.